The maximum absolute atomic E-state index is 5.41. The quantitative estimate of drug-likeness (QED) is 0.209. The second kappa shape index (κ2) is 15.3. The summed E-state index contributed by atoms with van der Waals surface area (Å²) in [7, 11) is 1.67. The number of hydrogen-bond donors (Lipinski definition) is 2. The lowest BCUT2D eigenvalue weighted by molar-refractivity contribution is 0.0702. The van der Waals surface area contributed by atoms with Crippen molar-refractivity contribution in [3.63, 3.8) is 0 Å². The molecule has 8 nitrogen and oxygen atoms in total. The van der Waals surface area contributed by atoms with Gasteiger partial charge < -0.3 is 24.6 Å². The lowest BCUT2D eigenvalue weighted by Crippen LogP contribution is -2.38. The van der Waals surface area contributed by atoms with Crippen molar-refractivity contribution < 1.29 is 14.0 Å². The number of nitrogens with one attached hydrogen (secondary N) is 2. The molecule has 0 atom stereocenters. The van der Waals surface area contributed by atoms with Gasteiger partial charge in [0.05, 0.1) is 13.2 Å². The van der Waals surface area contributed by atoms with Gasteiger partial charge in [0.25, 0.3) is 0 Å². The number of methoxy groups -OCH3 is 1. The number of guanidine groups is 1. The fraction of sp³-hybridized carbons (Fsp3) is 0.812. The van der Waals surface area contributed by atoms with E-state index in [-0.39, 0.29) is 29.9 Å². The van der Waals surface area contributed by atoms with E-state index in [1.54, 1.807) is 7.11 Å². The van der Waals surface area contributed by atoms with Crippen molar-refractivity contribution in [2.24, 2.45) is 4.99 Å². The zero-order valence-electron chi connectivity index (χ0n) is 15.7. The van der Waals surface area contributed by atoms with Crippen LogP contribution < -0.4 is 10.6 Å². The van der Waals surface area contributed by atoms with Crippen LogP contribution in [0.15, 0.2) is 9.52 Å². The molecule has 0 unspecified atom stereocenters. The molecule has 0 saturated carbocycles. The maximum atomic E-state index is 5.41. The molecule has 0 aromatic carbocycles. The van der Waals surface area contributed by atoms with Gasteiger partial charge >= 0.3 is 0 Å². The van der Waals surface area contributed by atoms with Gasteiger partial charge in [-0.25, -0.2) is 0 Å². The SMILES string of the molecule is CCNC(=NCCCOCCOC)NCCc1nc(C(C)C)no1.I. The van der Waals surface area contributed by atoms with Gasteiger partial charge in [-0.05, 0) is 13.3 Å². The number of hydrogen-bond acceptors (Lipinski definition) is 6. The molecule has 0 saturated heterocycles. The molecular formula is C16H32IN5O3. The van der Waals surface area contributed by atoms with Crippen LogP contribution in [-0.4, -0.2) is 62.7 Å². The first kappa shape index (κ1) is 24.1. The number of aromatic nitrogens is 2. The van der Waals surface area contributed by atoms with Crippen molar-refractivity contribution >= 4 is 29.9 Å². The zero-order valence-corrected chi connectivity index (χ0v) is 18.0. The molecule has 1 heterocycles. The minimum absolute atomic E-state index is 0. The summed E-state index contributed by atoms with van der Waals surface area (Å²) in [6.07, 6.45) is 1.55. The van der Waals surface area contributed by atoms with Gasteiger partial charge in [0, 0.05) is 45.7 Å². The summed E-state index contributed by atoms with van der Waals surface area (Å²) >= 11 is 0. The molecule has 0 amide bonds. The Morgan fingerprint density at radius 3 is 2.68 bits per heavy atom. The van der Waals surface area contributed by atoms with E-state index in [9.17, 15) is 0 Å². The lowest BCUT2D eigenvalue weighted by Gasteiger charge is -2.10. The average Bonchev–Trinajstić information content (AvgIpc) is 3.03. The second-order valence-corrected chi connectivity index (χ2v) is 5.60. The lowest BCUT2D eigenvalue weighted by atomic mass is 10.2. The van der Waals surface area contributed by atoms with Gasteiger partial charge in [-0.15, -0.1) is 24.0 Å². The van der Waals surface area contributed by atoms with Crippen molar-refractivity contribution in [2.75, 3.05) is 46.6 Å². The van der Waals surface area contributed by atoms with E-state index in [2.05, 4.69) is 25.8 Å². The molecule has 0 aliphatic rings. The molecule has 0 spiro atoms. The number of halogens is 1. The molecule has 1 aromatic heterocycles. The van der Waals surface area contributed by atoms with E-state index in [0.29, 0.717) is 45.2 Å². The van der Waals surface area contributed by atoms with E-state index >= 15 is 0 Å². The topological polar surface area (TPSA) is 93.8 Å². The Hall–Kier alpha value is -0.940. The zero-order chi connectivity index (χ0) is 17.6. The summed E-state index contributed by atoms with van der Waals surface area (Å²) in [5, 5.41) is 10.4. The highest BCUT2D eigenvalue weighted by Gasteiger charge is 2.09. The van der Waals surface area contributed by atoms with Gasteiger partial charge in [0.2, 0.25) is 5.89 Å². The number of nitrogens with zero attached hydrogens (tertiary/aromatic N) is 3. The van der Waals surface area contributed by atoms with E-state index in [0.717, 1.165) is 24.7 Å². The van der Waals surface area contributed by atoms with Crippen LogP contribution in [0.3, 0.4) is 0 Å². The third-order valence-corrected chi connectivity index (χ3v) is 3.12. The Bertz CT molecular complexity index is 468. The van der Waals surface area contributed by atoms with Crippen LogP contribution >= 0.6 is 24.0 Å². The second-order valence-electron chi connectivity index (χ2n) is 5.60. The number of ether oxygens (including phenoxy) is 2. The summed E-state index contributed by atoms with van der Waals surface area (Å²) in [5.74, 6) is 2.46. The van der Waals surface area contributed by atoms with Crippen molar-refractivity contribution in [1.29, 1.82) is 0 Å². The summed E-state index contributed by atoms with van der Waals surface area (Å²) in [5.41, 5.74) is 0. The molecule has 1 rings (SSSR count). The normalized spacial score (nSPS) is 11.5. The highest BCUT2D eigenvalue weighted by Crippen LogP contribution is 2.09. The first-order valence-corrected chi connectivity index (χ1v) is 8.58. The van der Waals surface area contributed by atoms with Gasteiger partial charge in [-0.1, -0.05) is 19.0 Å². The molecule has 1 aromatic rings. The standard InChI is InChI=1S/C16H31N5O3.HI/c1-5-17-16(18-8-6-10-23-12-11-22-4)19-9-7-14-20-15(13(2)3)21-24-14;/h13H,5-12H2,1-4H3,(H2,17,18,19);1H. The third-order valence-electron chi connectivity index (χ3n) is 3.12. The van der Waals surface area contributed by atoms with E-state index < -0.39 is 0 Å². The van der Waals surface area contributed by atoms with Gasteiger partial charge in [-0.3, -0.25) is 4.99 Å². The van der Waals surface area contributed by atoms with Crippen molar-refractivity contribution in [1.82, 2.24) is 20.8 Å². The fourth-order valence-corrected chi connectivity index (χ4v) is 1.84. The number of rotatable bonds is 12. The van der Waals surface area contributed by atoms with Crippen LogP contribution in [0.4, 0.5) is 0 Å². The Balaban J connectivity index is 0.00000576. The minimum atomic E-state index is 0. The molecule has 0 fully saturated rings. The van der Waals surface area contributed by atoms with Crippen LogP contribution in [0, 0.1) is 0 Å². The van der Waals surface area contributed by atoms with Crippen molar-refractivity contribution in [3.8, 4) is 0 Å². The molecule has 9 heteroatoms. The van der Waals surface area contributed by atoms with Crippen LogP contribution in [0.5, 0.6) is 0 Å². The smallest absolute Gasteiger partial charge is 0.228 e. The molecule has 25 heavy (non-hydrogen) atoms. The molecule has 0 bridgehead atoms. The van der Waals surface area contributed by atoms with Crippen LogP contribution in [0.1, 0.15) is 44.8 Å². The summed E-state index contributed by atoms with van der Waals surface area (Å²) in [6, 6.07) is 0. The van der Waals surface area contributed by atoms with Gasteiger partial charge in [-0.2, -0.15) is 4.98 Å². The molecule has 146 valence electrons. The van der Waals surface area contributed by atoms with E-state index in [1.807, 2.05) is 20.8 Å². The largest absolute Gasteiger partial charge is 0.382 e. The highest BCUT2D eigenvalue weighted by atomic mass is 127. The summed E-state index contributed by atoms with van der Waals surface area (Å²) in [6.45, 7) is 10.3. The number of aliphatic imine (C=N–C) groups is 1. The molecule has 2 N–H and O–H groups in total. The van der Waals surface area contributed by atoms with E-state index in [1.165, 1.54) is 0 Å². The first-order chi connectivity index (χ1) is 11.7. The molecule has 0 radical (unpaired) electrons. The van der Waals surface area contributed by atoms with Crippen LogP contribution in [0.25, 0.3) is 0 Å². The Kier molecular flexibility index (Phi) is 14.7. The first-order valence-electron chi connectivity index (χ1n) is 8.58. The van der Waals surface area contributed by atoms with Crippen LogP contribution in [0.2, 0.25) is 0 Å². The monoisotopic (exact) mass is 469 g/mol. The summed E-state index contributed by atoms with van der Waals surface area (Å²) in [4.78, 5) is 8.87. The maximum Gasteiger partial charge on any atom is 0.228 e. The van der Waals surface area contributed by atoms with Crippen LogP contribution in [-0.2, 0) is 15.9 Å². The highest BCUT2D eigenvalue weighted by molar-refractivity contribution is 14.0. The molecule has 0 aliphatic heterocycles. The Morgan fingerprint density at radius 1 is 1.24 bits per heavy atom. The fourth-order valence-electron chi connectivity index (χ4n) is 1.84. The minimum Gasteiger partial charge on any atom is -0.382 e. The Morgan fingerprint density at radius 2 is 2.04 bits per heavy atom. The Labute approximate surface area is 167 Å². The van der Waals surface area contributed by atoms with Gasteiger partial charge in [0.1, 0.15) is 0 Å². The predicted molar refractivity (Wildman–Crippen MR) is 109 cm³/mol. The average molecular weight is 469 g/mol. The van der Waals surface area contributed by atoms with Crippen molar-refractivity contribution in [3.05, 3.63) is 11.7 Å². The summed E-state index contributed by atoms with van der Waals surface area (Å²) < 4.78 is 15.6. The van der Waals surface area contributed by atoms with E-state index in [4.69, 9.17) is 14.0 Å². The molecule has 0 aliphatic carbocycles. The third kappa shape index (κ3) is 11.3. The van der Waals surface area contributed by atoms with Crippen molar-refractivity contribution in [2.45, 2.75) is 39.5 Å². The van der Waals surface area contributed by atoms with Gasteiger partial charge in [0.15, 0.2) is 11.8 Å². The molecular weight excluding hydrogens is 437 g/mol. The predicted octanol–water partition coefficient (Wildman–Crippen LogP) is 1.96.